The zero-order chi connectivity index (χ0) is 19.0. The number of nitrogens with zero attached hydrogens (tertiary/aromatic N) is 1. The van der Waals surface area contributed by atoms with E-state index in [-0.39, 0.29) is 6.54 Å². The molecule has 1 aliphatic rings. The standard InChI is InChI=1S/C23H20ClNO2/c1-15-19(6-4-7-20(15)21-5-2-3-8-22(21)24)16-9-10-17-12-25(14-23(26)27)13-18(17)11-16/h2-11H,12-14H2,1H3,(H,26,27). The third-order valence-corrected chi connectivity index (χ3v) is 5.49. The fourth-order valence-electron chi connectivity index (χ4n) is 3.86. The number of halogens is 1. The Hall–Kier alpha value is -2.62. The Morgan fingerprint density at radius 2 is 1.67 bits per heavy atom. The largest absolute Gasteiger partial charge is 0.480 e. The van der Waals surface area contributed by atoms with Crippen molar-refractivity contribution in [2.24, 2.45) is 0 Å². The number of carboxylic acids is 1. The molecule has 3 aromatic rings. The van der Waals surface area contributed by atoms with Gasteiger partial charge in [0.15, 0.2) is 0 Å². The second kappa shape index (κ2) is 7.18. The molecule has 0 aromatic heterocycles. The Bertz CT molecular complexity index is 1030. The first-order valence-corrected chi connectivity index (χ1v) is 9.31. The number of fused-ring (bicyclic) bond motifs is 1. The summed E-state index contributed by atoms with van der Waals surface area (Å²) in [5.41, 5.74) is 8.09. The van der Waals surface area contributed by atoms with Crippen molar-refractivity contribution in [3.63, 3.8) is 0 Å². The third-order valence-electron chi connectivity index (χ3n) is 5.16. The fourth-order valence-corrected chi connectivity index (χ4v) is 4.09. The van der Waals surface area contributed by atoms with Gasteiger partial charge in [0.25, 0.3) is 0 Å². The first kappa shape index (κ1) is 17.8. The number of aliphatic carboxylic acids is 1. The van der Waals surface area contributed by atoms with Gasteiger partial charge in [0.05, 0.1) is 6.54 Å². The minimum absolute atomic E-state index is 0.0744. The number of rotatable bonds is 4. The van der Waals surface area contributed by atoms with Crippen molar-refractivity contribution in [3.05, 3.63) is 82.4 Å². The molecular weight excluding hydrogens is 358 g/mol. The molecule has 0 saturated carbocycles. The van der Waals surface area contributed by atoms with Crippen molar-refractivity contribution in [1.82, 2.24) is 4.90 Å². The van der Waals surface area contributed by atoms with E-state index >= 15 is 0 Å². The van der Waals surface area contributed by atoms with Gasteiger partial charge in [-0.25, -0.2) is 0 Å². The highest BCUT2D eigenvalue weighted by Gasteiger charge is 2.21. The van der Waals surface area contributed by atoms with Crippen LogP contribution < -0.4 is 0 Å². The van der Waals surface area contributed by atoms with E-state index in [2.05, 4.69) is 43.3 Å². The highest BCUT2D eigenvalue weighted by molar-refractivity contribution is 6.33. The minimum atomic E-state index is -0.786. The highest BCUT2D eigenvalue weighted by atomic mass is 35.5. The lowest BCUT2D eigenvalue weighted by Crippen LogP contribution is -2.24. The molecule has 3 nitrogen and oxygen atoms in total. The van der Waals surface area contributed by atoms with Crippen molar-refractivity contribution >= 4 is 17.6 Å². The van der Waals surface area contributed by atoms with E-state index in [0.717, 1.165) is 21.7 Å². The fraction of sp³-hybridized carbons (Fsp3) is 0.174. The number of carbonyl (C=O) groups is 1. The summed E-state index contributed by atoms with van der Waals surface area (Å²) in [7, 11) is 0. The van der Waals surface area contributed by atoms with Crippen LogP contribution in [0.25, 0.3) is 22.3 Å². The molecule has 1 aliphatic heterocycles. The smallest absolute Gasteiger partial charge is 0.317 e. The second-order valence-electron chi connectivity index (χ2n) is 6.98. The maximum absolute atomic E-state index is 11.0. The SMILES string of the molecule is Cc1c(-c2ccc3c(c2)CN(CC(=O)O)C3)cccc1-c1ccccc1Cl. The van der Waals surface area contributed by atoms with E-state index in [1.165, 1.54) is 22.3 Å². The molecule has 4 rings (SSSR count). The van der Waals surface area contributed by atoms with Crippen molar-refractivity contribution in [3.8, 4) is 22.3 Å². The molecule has 3 aromatic carbocycles. The van der Waals surface area contributed by atoms with E-state index in [1.54, 1.807) is 0 Å². The lowest BCUT2D eigenvalue weighted by Gasteiger charge is -2.14. The third kappa shape index (κ3) is 3.48. The first-order valence-electron chi connectivity index (χ1n) is 8.94. The molecule has 1 N–H and O–H groups in total. The number of carboxylic acid groups (broad SMARTS) is 1. The molecule has 0 fully saturated rings. The van der Waals surface area contributed by atoms with Crippen molar-refractivity contribution in [1.29, 1.82) is 0 Å². The van der Waals surface area contributed by atoms with Gasteiger partial charge in [-0.3, -0.25) is 9.69 Å². The summed E-state index contributed by atoms with van der Waals surface area (Å²) in [5, 5.41) is 9.78. The molecule has 0 unspecified atom stereocenters. The zero-order valence-corrected chi connectivity index (χ0v) is 15.8. The van der Waals surface area contributed by atoms with Crippen LogP contribution in [0.1, 0.15) is 16.7 Å². The normalized spacial score (nSPS) is 13.6. The lowest BCUT2D eigenvalue weighted by atomic mass is 9.91. The topological polar surface area (TPSA) is 40.5 Å². The molecule has 0 amide bonds. The molecular formula is C23H20ClNO2. The quantitative estimate of drug-likeness (QED) is 0.663. The molecule has 1 heterocycles. The molecule has 4 heteroatoms. The van der Waals surface area contributed by atoms with Gasteiger partial charge in [0, 0.05) is 23.7 Å². The van der Waals surface area contributed by atoms with E-state index in [4.69, 9.17) is 16.7 Å². The average molecular weight is 378 g/mol. The van der Waals surface area contributed by atoms with E-state index in [0.29, 0.717) is 13.1 Å². The summed E-state index contributed by atoms with van der Waals surface area (Å²) in [4.78, 5) is 12.9. The number of hydrogen-bond donors (Lipinski definition) is 1. The predicted octanol–water partition coefficient (Wildman–Crippen LogP) is 5.38. The van der Waals surface area contributed by atoms with E-state index < -0.39 is 5.97 Å². The number of benzene rings is 3. The molecule has 0 saturated heterocycles. The summed E-state index contributed by atoms with van der Waals surface area (Å²) in [6.45, 7) is 3.57. The van der Waals surface area contributed by atoms with Gasteiger partial charge in [0.1, 0.15) is 0 Å². The summed E-state index contributed by atoms with van der Waals surface area (Å²) in [6.07, 6.45) is 0. The lowest BCUT2D eigenvalue weighted by molar-refractivity contribution is -0.138. The summed E-state index contributed by atoms with van der Waals surface area (Å²) in [5.74, 6) is -0.786. The van der Waals surface area contributed by atoms with Crippen LogP contribution in [-0.4, -0.2) is 22.5 Å². The van der Waals surface area contributed by atoms with Crippen LogP contribution in [0.2, 0.25) is 5.02 Å². The summed E-state index contributed by atoms with van der Waals surface area (Å²) < 4.78 is 0. The van der Waals surface area contributed by atoms with Crippen molar-refractivity contribution < 1.29 is 9.90 Å². The van der Waals surface area contributed by atoms with E-state index in [9.17, 15) is 4.79 Å². The van der Waals surface area contributed by atoms with Gasteiger partial charge < -0.3 is 5.11 Å². The monoisotopic (exact) mass is 377 g/mol. The highest BCUT2D eigenvalue weighted by Crippen LogP contribution is 2.36. The van der Waals surface area contributed by atoms with Gasteiger partial charge in [-0.15, -0.1) is 0 Å². The Kier molecular flexibility index (Phi) is 4.73. The van der Waals surface area contributed by atoms with Crippen LogP contribution in [0.3, 0.4) is 0 Å². The van der Waals surface area contributed by atoms with Crippen LogP contribution in [0, 0.1) is 6.92 Å². The van der Waals surface area contributed by atoms with Crippen molar-refractivity contribution in [2.45, 2.75) is 20.0 Å². The maximum atomic E-state index is 11.0. The molecule has 0 bridgehead atoms. The summed E-state index contributed by atoms with van der Waals surface area (Å²) in [6, 6.07) is 20.6. The molecule has 0 radical (unpaired) electrons. The molecule has 0 spiro atoms. The van der Waals surface area contributed by atoms with Crippen LogP contribution in [0.5, 0.6) is 0 Å². The molecule has 136 valence electrons. The van der Waals surface area contributed by atoms with Gasteiger partial charge in [-0.2, -0.15) is 0 Å². The Morgan fingerprint density at radius 3 is 2.44 bits per heavy atom. The van der Waals surface area contributed by atoms with Gasteiger partial charge in [-0.1, -0.05) is 60.1 Å². The van der Waals surface area contributed by atoms with Crippen LogP contribution in [0.15, 0.2) is 60.7 Å². The van der Waals surface area contributed by atoms with Crippen LogP contribution in [0.4, 0.5) is 0 Å². The number of hydrogen-bond acceptors (Lipinski definition) is 2. The second-order valence-corrected chi connectivity index (χ2v) is 7.39. The minimum Gasteiger partial charge on any atom is -0.480 e. The first-order chi connectivity index (χ1) is 13.0. The van der Waals surface area contributed by atoms with Crippen molar-refractivity contribution in [2.75, 3.05) is 6.54 Å². The molecule has 0 aliphatic carbocycles. The zero-order valence-electron chi connectivity index (χ0n) is 15.1. The predicted molar refractivity (Wildman–Crippen MR) is 109 cm³/mol. The Morgan fingerprint density at radius 1 is 0.963 bits per heavy atom. The van der Waals surface area contributed by atoms with Gasteiger partial charge in [0.2, 0.25) is 0 Å². The summed E-state index contributed by atoms with van der Waals surface area (Å²) >= 11 is 6.41. The molecule has 0 atom stereocenters. The van der Waals surface area contributed by atoms with Gasteiger partial charge in [-0.05, 0) is 52.4 Å². The van der Waals surface area contributed by atoms with Crippen LogP contribution >= 0.6 is 11.6 Å². The average Bonchev–Trinajstić information content (AvgIpc) is 3.03. The maximum Gasteiger partial charge on any atom is 0.317 e. The van der Waals surface area contributed by atoms with Gasteiger partial charge >= 0.3 is 5.97 Å². The Labute approximate surface area is 163 Å². The Balaban J connectivity index is 1.71. The molecule has 27 heavy (non-hydrogen) atoms. The van der Waals surface area contributed by atoms with E-state index in [1.807, 2.05) is 29.2 Å². The van der Waals surface area contributed by atoms with Crippen LogP contribution in [-0.2, 0) is 17.9 Å².